The summed E-state index contributed by atoms with van der Waals surface area (Å²) in [4.78, 5) is 17.7. The van der Waals surface area contributed by atoms with E-state index in [0.717, 1.165) is 31.6 Å². The van der Waals surface area contributed by atoms with E-state index in [-0.39, 0.29) is 30.1 Å². The fourth-order valence-corrected chi connectivity index (χ4v) is 4.99. The van der Waals surface area contributed by atoms with E-state index in [1.165, 1.54) is 11.3 Å². The Morgan fingerprint density at radius 1 is 1.22 bits per heavy atom. The molecule has 1 aromatic carbocycles. The fourth-order valence-electron chi connectivity index (χ4n) is 3.75. The number of nitrogens with zero attached hydrogens (tertiary/aromatic N) is 2. The normalized spacial score (nSPS) is 16.2. The minimum absolute atomic E-state index is 0.0161. The van der Waals surface area contributed by atoms with Gasteiger partial charge in [-0.05, 0) is 51.1 Å². The molecule has 1 saturated heterocycles. The van der Waals surface area contributed by atoms with Gasteiger partial charge in [-0.2, -0.15) is 8.42 Å². The Morgan fingerprint density at radius 3 is 2.59 bits per heavy atom. The van der Waals surface area contributed by atoms with Crippen LogP contribution in [0.4, 0.5) is 5.69 Å². The first-order valence-corrected chi connectivity index (χ1v) is 13.6. The van der Waals surface area contributed by atoms with E-state index in [1.54, 1.807) is 24.0 Å². The van der Waals surface area contributed by atoms with E-state index >= 15 is 0 Å². The zero-order valence-corrected chi connectivity index (χ0v) is 20.6. The molecule has 2 heterocycles. The smallest absolute Gasteiger partial charge is 0.308 e. The van der Waals surface area contributed by atoms with E-state index in [2.05, 4.69) is 4.90 Å². The predicted octanol–water partition coefficient (Wildman–Crippen LogP) is 4.14. The van der Waals surface area contributed by atoms with Crippen molar-refractivity contribution < 1.29 is 22.1 Å². The van der Waals surface area contributed by atoms with Crippen LogP contribution < -0.4 is 9.08 Å². The Bertz CT molecular complexity index is 982. The molecule has 1 atom stereocenters. The van der Waals surface area contributed by atoms with Gasteiger partial charge >= 0.3 is 10.1 Å². The molecule has 0 radical (unpaired) electrons. The Morgan fingerprint density at radius 2 is 2.00 bits per heavy atom. The summed E-state index contributed by atoms with van der Waals surface area (Å²) in [6.07, 6.45) is 1.87. The Hall–Kier alpha value is -2.10. The molecule has 1 aromatic heterocycles. The van der Waals surface area contributed by atoms with E-state index < -0.39 is 10.1 Å². The van der Waals surface area contributed by atoms with Gasteiger partial charge in [-0.1, -0.05) is 12.1 Å². The minimum Gasteiger partial charge on any atom is -0.382 e. The van der Waals surface area contributed by atoms with Crippen molar-refractivity contribution in [2.45, 2.75) is 46.3 Å². The second kappa shape index (κ2) is 11.2. The Kier molecular flexibility index (Phi) is 8.56. The van der Waals surface area contributed by atoms with Crippen molar-refractivity contribution in [2.75, 3.05) is 36.9 Å². The van der Waals surface area contributed by atoms with Crippen molar-refractivity contribution in [2.24, 2.45) is 0 Å². The third kappa shape index (κ3) is 6.24. The number of ether oxygens (including phenoxy) is 1. The van der Waals surface area contributed by atoms with Crippen molar-refractivity contribution >= 4 is 33.0 Å². The molecule has 3 rings (SSSR count). The van der Waals surface area contributed by atoms with Crippen LogP contribution in [-0.2, 0) is 21.4 Å². The highest BCUT2D eigenvalue weighted by molar-refractivity contribution is 7.87. The van der Waals surface area contributed by atoms with Crippen LogP contribution in [0, 0.1) is 0 Å². The monoisotopic (exact) mass is 480 g/mol. The number of benzene rings is 1. The largest absolute Gasteiger partial charge is 0.382 e. The summed E-state index contributed by atoms with van der Waals surface area (Å²) in [5.41, 5.74) is 1.54. The zero-order valence-electron chi connectivity index (χ0n) is 19.0. The molecule has 1 amide bonds. The highest BCUT2D eigenvalue weighted by Crippen LogP contribution is 2.30. The summed E-state index contributed by atoms with van der Waals surface area (Å²) in [5, 5.41) is 1.87. The van der Waals surface area contributed by atoms with Gasteiger partial charge in [-0.25, -0.2) is 0 Å². The van der Waals surface area contributed by atoms with E-state index in [9.17, 15) is 13.2 Å². The zero-order chi connectivity index (χ0) is 23.1. The van der Waals surface area contributed by atoms with Crippen LogP contribution in [0.1, 0.15) is 48.8 Å². The molecule has 1 aliphatic heterocycles. The van der Waals surface area contributed by atoms with Crippen molar-refractivity contribution in [3.8, 4) is 5.75 Å². The molecule has 0 aliphatic carbocycles. The third-order valence-electron chi connectivity index (χ3n) is 5.58. The van der Waals surface area contributed by atoms with Crippen LogP contribution in [0.5, 0.6) is 5.75 Å². The summed E-state index contributed by atoms with van der Waals surface area (Å²) in [5.74, 6) is 0.0515. The number of hydrogen-bond donors (Lipinski definition) is 0. The Balaban J connectivity index is 1.94. The lowest BCUT2D eigenvalue weighted by Gasteiger charge is -2.27. The molecule has 32 heavy (non-hydrogen) atoms. The van der Waals surface area contributed by atoms with Gasteiger partial charge in [0.1, 0.15) is 5.75 Å². The van der Waals surface area contributed by atoms with Crippen molar-refractivity contribution in [3.05, 3.63) is 46.2 Å². The number of carbonyl (C=O) groups excluding carboxylic acids is 1. The van der Waals surface area contributed by atoms with Crippen LogP contribution in [0.15, 0.2) is 35.7 Å². The van der Waals surface area contributed by atoms with Gasteiger partial charge in [0.15, 0.2) is 0 Å². The summed E-state index contributed by atoms with van der Waals surface area (Å²) in [7, 11) is -3.72. The van der Waals surface area contributed by atoms with Crippen molar-refractivity contribution in [3.63, 3.8) is 0 Å². The maximum atomic E-state index is 13.2. The molecule has 7 nitrogen and oxygen atoms in total. The molecule has 9 heteroatoms. The van der Waals surface area contributed by atoms with Crippen LogP contribution in [0.3, 0.4) is 0 Å². The maximum absolute atomic E-state index is 13.2. The molecule has 0 spiro atoms. The van der Waals surface area contributed by atoms with Gasteiger partial charge in [-0.15, -0.1) is 11.3 Å². The number of carbonyl (C=O) groups is 1. The molecule has 176 valence electrons. The van der Waals surface area contributed by atoms with Crippen LogP contribution in [-0.4, -0.2) is 57.3 Å². The number of rotatable bonds is 11. The van der Waals surface area contributed by atoms with Crippen LogP contribution in [0.2, 0.25) is 0 Å². The second-order valence-corrected chi connectivity index (χ2v) is 10.5. The fraction of sp³-hybridized carbons (Fsp3) is 0.522. The SMILES string of the molecule is CCN(CC)c1ccc(CN(C[C@@H]2CCCO2)C(=O)c2cccs2)c(OS(=O)(=O)CC)c1. The lowest BCUT2D eigenvalue weighted by molar-refractivity contribution is 0.0510. The van der Waals surface area contributed by atoms with Crippen LogP contribution >= 0.6 is 11.3 Å². The molecular formula is C23H32N2O5S2. The standard InChI is InChI=1S/C23H32N2O5S2/c1-4-24(5-2)19-12-11-18(21(15-19)30-32(27,28)6-3)16-25(17-20-9-7-13-29-20)23(26)22-10-8-14-31-22/h8,10-12,14-15,20H,4-7,9,13,16-17H2,1-3H3/t20-/m0/s1. The Labute approximate surface area is 195 Å². The van der Waals surface area contributed by atoms with E-state index in [0.29, 0.717) is 23.6 Å². The van der Waals surface area contributed by atoms with Gasteiger partial charge in [0.25, 0.3) is 5.91 Å². The average Bonchev–Trinajstić information content (AvgIpc) is 3.49. The van der Waals surface area contributed by atoms with Gasteiger partial charge in [0.05, 0.1) is 16.7 Å². The topological polar surface area (TPSA) is 76.2 Å². The first-order chi connectivity index (χ1) is 15.4. The highest BCUT2D eigenvalue weighted by Gasteiger charge is 2.26. The van der Waals surface area contributed by atoms with Crippen molar-refractivity contribution in [1.82, 2.24) is 4.90 Å². The van der Waals surface area contributed by atoms with E-state index in [4.69, 9.17) is 8.92 Å². The second-order valence-electron chi connectivity index (χ2n) is 7.69. The molecule has 2 aromatic rings. The highest BCUT2D eigenvalue weighted by atomic mass is 32.2. The molecule has 1 aliphatic rings. The van der Waals surface area contributed by atoms with Gasteiger partial charge in [0, 0.05) is 50.1 Å². The summed E-state index contributed by atoms with van der Waals surface area (Å²) in [6, 6.07) is 9.22. The number of hydrogen-bond acceptors (Lipinski definition) is 7. The lowest BCUT2D eigenvalue weighted by Crippen LogP contribution is -2.36. The molecular weight excluding hydrogens is 448 g/mol. The van der Waals surface area contributed by atoms with Crippen LogP contribution in [0.25, 0.3) is 0 Å². The number of anilines is 1. The number of thiophene rings is 1. The van der Waals surface area contributed by atoms with Crippen molar-refractivity contribution in [1.29, 1.82) is 0 Å². The van der Waals surface area contributed by atoms with Gasteiger partial charge in [0.2, 0.25) is 0 Å². The maximum Gasteiger partial charge on any atom is 0.308 e. The lowest BCUT2D eigenvalue weighted by atomic mass is 10.1. The average molecular weight is 481 g/mol. The quantitative estimate of drug-likeness (QED) is 0.450. The summed E-state index contributed by atoms with van der Waals surface area (Å²) in [6.45, 7) is 8.61. The first-order valence-electron chi connectivity index (χ1n) is 11.1. The van der Waals surface area contributed by atoms with Gasteiger partial charge < -0.3 is 18.7 Å². The molecule has 0 bridgehead atoms. The molecule has 0 N–H and O–H groups in total. The van der Waals surface area contributed by atoms with E-state index in [1.807, 2.05) is 37.4 Å². The third-order valence-corrected chi connectivity index (χ3v) is 7.58. The first kappa shape index (κ1) is 24.5. The molecule has 1 fully saturated rings. The predicted molar refractivity (Wildman–Crippen MR) is 128 cm³/mol. The summed E-state index contributed by atoms with van der Waals surface area (Å²) < 4.78 is 35.8. The summed E-state index contributed by atoms with van der Waals surface area (Å²) >= 11 is 1.39. The van der Waals surface area contributed by atoms with Gasteiger partial charge in [-0.3, -0.25) is 4.79 Å². The molecule has 0 unspecified atom stereocenters. The number of amides is 1. The molecule has 0 saturated carbocycles. The minimum atomic E-state index is -3.72.